The van der Waals surface area contributed by atoms with Gasteiger partial charge in [0.2, 0.25) is 0 Å². The quantitative estimate of drug-likeness (QED) is 0.933. The minimum Gasteiger partial charge on any atom is -0.490 e. The molecular formula is C19H27N3O2. The number of aromatic nitrogens is 2. The molecule has 1 aliphatic heterocycles. The van der Waals surface area contributed by atoms with Crippen molar-refractivity contribution in [1.29, 1.82) is 0 Å². The van der Waals surface area contributed by atoms with Gasteiger partial charge in [0.25, 0.3) is 0 Å². The lowest BCUT2D eigenvalue weighted by molar-refractivity contribution is -0.0366. The van der Waals surface area contributed by atoms with E-state index < -0.39 is 0 Å². The first-order chi connectivity index (χ1) is 11.7. The van der Waals surface area contributed by atoms with Gasteiger partial charge >= 0.3 is 0 Å². The summed E-state index contributed by atoms with van der Waals surface area (Å²) in [4.78, 5) is 0. The number of aryl methyl sites for hydroxylation is 1. The largest absolute Gasteiger partial charge is 0.490 e. The molecule has 1 atom stereocenters. The highest BCUT2D eigenvalue weighted by atomic mass is 16.5. The number of ether oxygens (including phenoxy) is 2. The van der Waals surface area contributed by atoms with E-state index in [9.17, 15) is 0 Å². The number of nitrogens with zero attached hydrogens (tertiary/aromatic N) is 2. The highest BCUT2D eigenvalue weighted by Gasteiger charge is 2.22. The lowest BCUT2D eigenvalue weighted by atomic mass is 9.93. The van der Waals surface area contributed by atoms with E-state index in [1.54, 1.807) is 0 Å². The lowest BCUT2D eigenvalue weighted by Gasteiger charge is -2.27. The van der Waals surface area contributed by atoms with Gasteiger partial charge in [0.05, 0.1) is 17.8 Å². The third-order valence-electron chi connectivity index (χ3n) is 5.44. The van der Waals surface area contributed by atoms with Gasteiger partial charge in [0, 0.05) is 23.6 Å². The number of rotatable bonds is 3. The maximum atomic E-state index is 6.27. The molecular weight excluding hydrogens is 302 g/mol. The topological polar surface area (TPSA) is 62.3 Å². The van der Waals surface area contributed by atoms with Crippen molar-refractivity contribution in [3.8, 4) is 5.75 Å². The van der Waals surface area contributed by atoms with Crippen LogP contribution in [0, 0.1) is 6.92 Å². The highest BCUT2D eigenvalue weighted by Crippen LogP contribution is 2.33. The second kappa shape index (κ2) is 6.73. The Morgan fingerprint density at radius 1 is 1.17 bits per heavy atom. The Hall–Kier alpha value is -1.59. The van der Waals surface area contributed by atoms with Crippen LogP contribution in [-0.4, -0.2) is 28.5 Å². The van der Waals surface area contributed by atoms with Crippen LogP contribution in [0.15, 0.2) is 18.3 Å². The van der Waals surface area contributed by atoms with E-state index in [2.05, 4.69) is 24.2 Å². The van der Waals surface area contributed by atoms with Crippen molar-refractivity contribution >= 4 is 10.9 Å². The molecule has 2 aliphatic rings. The Balaban J connectivity index is 1.57. The number of fused-ring (bicyclic) bond motifs is 1. The minimum absolute atomic E-state index is 0.0715. The van der Waals surface area contributed by atoms with Crippen LogP contribution in [0.2, 0.25) is 0 Å². The van der Waals surface area contributed by atoms with Gasteiger partial charge in [0.15, 0.2) is 6.23 Å². The monoisotopic (exact) mass is 329 g/mol. The molecule has 2 aromatic rings. The molecule has 1 unspecified atom stereocenters. The van der Waals surface area contributed by atoms with Crippen LogP contribution < -0.4 is 10.5 Å². The summed E-state index contributed by atoms with van der Waals surface area (Å²) in [7, 11) is 0. The van der Waals surface area contributed by atoms with Crippen molar-refractivity contribution in [1.82, 2.24) is 9.78 Å². The summed E-state index contributed by atoms with van der Waals surface area (Å²) in [6.45, 7) is 2.95. The Morgan fingerprint density at radius 3 is 2.75 bits per heavy atom. The summed E-state index contributed by atoms with van der Waals surface area (Å²) in [5, 5.41) is 5.76. The van der Waals surface area contributed by atoms with Crippen molar-refractivity contribution in [2.24, 2.45) is 5.73 Å². The third kappa shape index (κ3) is 3.03. The standard InChI is InChI=1S/C19H27N3O2/c1-13-16-12-21-22(19-4-2-3-11-23-19)17(16)9-10-18(13)24-15-7-5-14(20)6-8-15/h9-10,12,14-15,19H,2-8,11,20H2,1H3. The molecule has 5 nitrogen and oxygen atoms in total. The second-order valence-corrected chi connectivity index (χ2v) is 7.19. The summed E-state index contributed by atoms with van der Waals surface area (Å²) in [6.07, 6.45) is 9.92. The van der Waals surface area contributed by atoms with Crippen LogP contribution in [0.4, 0.5) is 0 Å². The molecule has 1 saturated heterocycles. The molecule has 1 aliphatic carbocycles. The van der Waals surface area contributed by atoms with Crippen molar-refractivity contribution in [2.75, 3.05) is 6.61 Å². The Bertz CT molecular complexity index is 698. The SMILES string of the molecule is Cc1c(OC2CCC(N)CC2)ccc2c1cnn2C1CCCCO1. The van der Waals surface area contributed by atoms with Crippen molar-refractivity contribution in [3.63, 3.8) is 0 Å². The molecule has 1 aromatic carbocycles. The van der Waals surface area contributed by atoms with Gasteiger partial charge < -0.3 is 15.2 Å². The van der Waals surface area contributed by atoms with Crippen LogP contribution >= 0.6 is 0 Å². The van der Waals surface area contributed by atoms with Crippen LogP contribution in [0.1, 0.15) is 56.7 Å². The third-order valence-corrected chi connectivity index (χ3v) is 5.44. The van der Waals surface area contributed by atoms with Gasteiger partial charge in [0.1, 0.15) is 5.75 Å². The number of hydrogen-bond acceptors (Lipinski definition) is 4. The first-order valence-electron chi connectivity index (χ1n) is 9.23. The van der Waals surface area contributed by atoms with Crippen molar-refractivity contribution in [2.45, 2.75) is 70.2 Å². The predicted octanol–water partition coefficient (Wildman–Crippen LogP) is 3.69. The lowest BCUT2D eigenvalue weighted by Crippen LogP contribution is -2.31. The molecule has 0 radical (unpaired) electrons. The Morgan fingerprint density at radius 2 is 2.00 bits per heavy atom. The van der Waals surface area contributed by atoms with E-state index in [4.69, 9.17) is 15.2 Å². The van der Waals surface area contributed by atoms with E-state index in [1.165, 1.54) is 12.0 Å². The van der Waals surface area contributed by atoms with Crippen molar-refractivity contribution < 1.29 is 9.47 Å². The van der Waals surface area contributed by atoms with Gasteiger partial charge in [-0.25, -0.2) is 4.68 Å². The average molecular weight is 329 g/mol. The molecule has 0 bridgehead atoms. The number of hydrogen-bond donors (Lipinski definition) is 1. The average Bonchev–Trinajstić information content (AvgIpc) is 3.05. The molecule has 1 saturated carbocycles. The molecule has 0 spiro atoms. The Labute approximate surface area is 143 Å². The van der Waals surface area contributed by atoms with E-state index >= 15 is 0 Å². The molecule has 24 heavy (non-hydrogen) atoms. The van der Waals surface area contributed by atoms with E-state index in [0.29, 0.717) is 6.04 Å². The molecule has 2 heterocycles. The molecule has 130 valence electrons. The molecule has 2 N–H and O–H groups in total. The summed E-state index contributed by atoms with van der Waals surface area (Å²) in [5.41, 5.74) is 8.30. The number of nitrogens with two attached hydrogens (primary N) is 1. The summed E-state index contributed by atoms with van der Waals surface area (Å²) in [6, 6.07) is 4.56. The maximum absolute atomic E-state index is 6.27. The van der Waals surface area contributed by atoms with Gasteiger partial charge in [-0.15, -0.1) is 0 Å². The van der Waals surface area contributed by atoms with Gasteiger partial charge in [-0.1, -0.05) is 0 Å². The zero-order valence-corrected chi connectivity index (χ0v) is 14.4. The zero-order valence-electron chi connectivity index (χ0n) is 14.4. The fraction of sp³-hybridized carbons (Fsp3) is 0.632. The maximum Gasteiger partial charge on any atom is 0.150 e. The Kier molecular flexibility index (Phi) is 4.46. The molecule has 5 heteroatoms. The summed E-state index contributed by atoms with van der Waals surface area (Å²) < 4.78 is 14.2. The van der Waals surface area contributed by atoms with Crippen LogP contribution in [0.25, 0.3) is 10.9 Å². The first-order valence-corrected chi connectivity index (χ1v) is 9.23. The molecule has 4 rings (SSSR count). The predicted molar refractivity (Wildman–Crippen MR) is 94.2 cm³/mol. The van der Waals surface area contributed by atoms with E-state index in [1.807, 2.05) is 10.9 Å². The molecule has 1 aromatic heterocycles. The minimum atomic E-state index is 0.0715. The fourth-order valence-corrected chi connectivity index (χ4v) is 3.90. The van der Waals surface area contributed by atoms with E-state index in [0.717, 1.165) is 61.8 Å². The van der Waals surface area contributed by atoms with E-state index in [-0.39, 0.29) is 12.3 Å². The highest BCUT2D eigenvalue weighted by molar-refractivity contribution is 5.84. The van der Waals surface area contributed by atoms with Crippen LogP contribution in [0.3, 0.4) is 0 Å². The van der Waals surface area contributed by atoms with Crippen LogP contribution in [-0.2, 0) is 4.74 Å². The zero-order chi connectivity index (χ0) is 16.5. The van der Waals surface area contributed by atoms with Crippen molar-refractivity contribution in [3.05, 3.63) is 23.9 Å². The smallest absolute Gasteiger partial charge is 0.150 e. The van der Waals surface area contributed by atoms with Gasteiger partial charge in [-0.2, -0.15) is 5.10 Å². The second-order valence-electron chi connectivity index (χ2n) is 7.19. The molecule has 2 fully saturated rings. The molecule has 0 amide bonds. The number of benzene rings is 1. The van der Waals surface area contributed by atoms with Gasteiger partial charge in [-0.05, 0) is 64.0 Å². The van der Waals surface area contributed by atoms with Gasteiger partial charge in [-0.3, -0.25) is 0 Å². The normalized spacial score (nSPS) is 28.2. The first kappa shape index (κ1) is 15.9. The summed E-state index contributed by atoms with van der Waals surface area (Å²) >= 11 is 0. The fourth-order valence-electron chi connectivity index (χ4n) is 3.90. The summed E-state index contributed by atoms with van der Waals surface area (Å²) in [5.74, 6) is 0.979. The van der Waals surface area contributed by atoms with Crippen LogP contribution in [0.5, 0.6) is 5.75 Å².